The van der Waals surface area contributed by atoms with Crippen LogP contribution in [0.2, 0.25) is 0 Å². The van der Waals surface area contributed by atoms with Crippen molar-refractivity contribution in [2.24, 2.45) is 0 Å². The maximum absolute atomic E-state index is 9.70. The third kappa shape index (κ3) is 1.69. The van der Waals surface area contributed by atoms with E-state index in [0.717, 1.165) is 17.2 Å². The fraction of sp³-hybridized carbons (Fsp3) is 0.0476. The van der Waals surface area contributed by atoms with Gasteiger partial charge in [0.2, 0.25) is 0 Å². The van der Waals surface area contributed by atoms with Gasteiger partial charge in [-0.15, -0.1) is 0 Å². The maximum atomic E-state index is 9.70. The molecule has 23 heavy (non-hydrogen) atoms. The molecule has 2 nitrogen and oxygen atoms in total. The second-order valence-corrected chi connectivity index (χ2v) is 6.17. The average Bonchev–Trinajstić information content (AvgIpc) is 2.93. The van der Waals surface area contributed by atoms with Crippen molar-refractivity contribution in [3.63, 3.8) is 0 Å². The minimum absolute atomic E-state index is 0.300. The lowest BCUT2D eigenvalue weighted by atomic mass is 9.98. The van der Waals surface area contributed by atoms with Gasteiger partial charge in [0.1, 0.15) is 11.5 Å². The summed E-state index contributed by atoms with van der Waals surface area (Å²) in [5, 5.41) is 23.9. The summed E-state index contributed by atoms with van der Waals surface area (Å²) in [6.07, 6.45) is 0.884. The van der Waals surface area contributed by atoms with Gasteiger partial charge in [0, 0.05) is 0 Å². The Hall–Kier alpha value is -3.00. The molecule has 0 aromatic heterocycles. The molecule has 4 aromatic carbocycles. The summed E-state index contributed by atoms with van der Waals surface area (Å²) in [4.78, 5) is 0. The summed E-state index contributed by atoms with van der Waals surface area (Å²) in [6, 6.07) is 19.6. The van der Waals surface area contributed by atoms with E-state index < -0.39 is 0 Å². The third-order valence-corrected chi connectivity index (χ3v) is 4.87. The SMILES string of the molecule is Oc1ccc2c3c(ccc2c1)-c1ccc2cc(O)ccc2c1C3. The van der Waals surface area contributed by atoms with Crippen LogP contribution >= 0.6 is 0 Å². The van der Waals surface area contributed by atoms with Gasteiger partial charge < -0.3 is 10.2 Å². The zero-order valence-corrected chi connectivity index (χ0v) is 12.4. The van der Waals surface area contributed by atoms with Crippen LogP contribution in [-0.4, -0.2) is 10.2 Å². The van der Waals surface area contributed by atoms with Crippen molar-refractivity contribution in [1.29, 1.82) is 0 Å². The van der Waals surface area contributed by atoms with Crippen LogP contribution in [0.4, 0.5) is 0 Å². The molecule has 1 aliphatic carbocycles. The van der Waals surface area contributed by atoms with Gasteiger partial charge in [0.05, 0.1) is 0 Å². The van der Waals surface area contributed by atoms with E-state index in [1.807, 2.05) is 24.3 Å². The number of hydrogen-bond acceptors (Lipinski definition) is 2. The van der Waals surface area contributed by atoms with Crippen molar-refractivity contribution in [1.82, 2.24) is 0 Å². The Kier molecular flexibility index (Phi) is 2.32. The summed E-state index contributed by atoms with van der Waals surface area (Å²) in [6.45, 7) is 0. The minimum atomic E-state index is 0.300. The Morgan fingerprint density at radius 3 is 1.52 bits per heavy atom. The summed E-state index contributed by atoms with van der Waals surface area (Å²) in [5.74, 6) is 0.600. The fourth-order valence-corrected chi connectivity index (χ4v) is 3.83. The van der Waals surface area contributed by atoms with Crippen molar-refractivity contribution in [2.45, 2.75) is 6.42 Å². The molecule has 0 saturated carbocycles. The highest BCUT2D eigenvalue weighted by Crippen LogP contribution is 2.44. The summed E-state index contributed by atoms with van der Waals surface area (Å²) in [5.41, 5.74) is 5.18. The van der Waals surface area contributed by atoms with Crippen LogP contribution in [0.25, 0.3) is 32.7 Å². The Morgan fingerprint density at radius 1 is 0.565 bits per heavy atom. The fourth-order valence-electron chi connectivity index (χ4n) is 3.83. The number of rotatable bonds is 0. The molecule has 0 bridgehead atoms. The number of hydrogen-bond donors (Lipinski definition) is 2. The molecule has 0 fully saturated rings. The number of phenols is 2. The molecule has 1 aliphatic rings. The average molecular weight is 298 g/mol. The van der Waals surface area contributed by atoms with E-state index in [0.29, 0.717) is 11.5 Å². The van der Waals surface area contributed by atoms with Gasteiger partial charge in [0.15, 0.2) is 0 Å². The van der Waals surface area contributed by atoms with Gasteiger partial charge >= 0.3 is 0 Å². The molecule has 2 heteroatoms. The van der Waals surface area contributed by atoms with E-state index >= 15 is 0 Å². The lowest BCUT2D eigenvalue weighted by molar-refractivity contribution is 0.475. The molecule has 0 spiro atoms. The second kappa shape index (κ2) is 4.26. The molecule has 5 rings (SSSR count). The number of benzene rings is 4. The van der Waals surface area contributed by atoms with E-state index in [9.17, 15) is 10.2 Å². The maximum Gasteiger partial charge on any atom is 0.116 e. The molecular weight excluding hydrogens is 284 g/mol. The van der Waals surface area contributed by atoms with Crippen LogP contribution in [0.15, 0.2) is 60.7 Å². The Labute approximate surface area is 133 Å². The van der Waals surface area contributed by atoms with Crippen molar-refractivity contribution >= 4 is 21.5 Å². The summed E-state index contributed by atoms with van der Waals surface area (Å²) in [7, 11) is 0. The van der Waals surface area contributed by atoms with Crippen LogP contribution in [0.5, 0.6) is 11.5 Å². The van der Waals surface area contributed by atoms with Gasteiger partial charge in [-0.3, -0.25) is 0 Å². The molecule has 110 valence electrons. The topological polar surface area (TPSA) is 40.5 Å². The van der Waals surface area contributed by atoms with E-state index in [4.69, 9.17) is 0 Å². The van der Waals surface area contributed by atoms with Crippen molar-refractivity contribution < 1.29 is 10.2 Å². The van der Waals surface area contributed by atoms with E-state index in [1.54, 1.807) is 12.1 Å². The van der Waals surface area contributed by atoms with Crippen LogP contribution in [0.3, 0.4) is 0 Å². The predicted molar refractivity (Wildman–Crippen MR) is 93.0 cm³/mol. The zero-order valence-electron chi connectivity index (χ0n) is 12.4. The molecule has 2 N–H and O–H groups in total. The first-order valence-electron chi connectivity index (χ1n) is 7.70. The predicted octanol–water partition coefficient (Wildman–Crippen LogP) is 4.98. The third-order valence-electron chi connectivity index (χ3n) is 4.87. The van der Waals surface area contributed by atoms with Gasteiger partial charge in [-0.05, 0) is 74.5 Å². The van der Waals surface area contributed by atoms with Gasteiger partial charge in [-0.2, -0.15) is 0 Å². The van der Waals surface area contributed by atoms with Crippen molar-refractivity contribution in [3.8, 4) is 22.6 Å². The normalized spacial score (nSPS) is 12.5. The van der Waals surface area contributed by atoms with Crippen molar-refractivity contribution in [3.05, 3.63) is 71.8 Å². The summed E-state index contributed by atoms with van der Waals surface area (Å²) >= 11 is 0. The quantitative estimate of drug-likeness (QED) is 0.423. The van der Waals surface area contributed by atoms with Crippen molar-refractivity contribution in [2.75, 3.05) is 0 Å². The number of aromatic hydroxyl groups is 2. The molecule has 0 unspecified atom stereocenters. The van der Waals surface area contributed by atoms with Crippen LogP contribution in [-0.2, 0) is 6.42 Å². The first-order chi connectivity index (χ1) is 11.2. The van der Waals surface area contributed by atoms with Crippen LogP contribution < -0.4 is 0 Å². The Bertz CT molecular complexity index is 1020. The van der Waals surface area contributed by atoms with E-state index in [1.165, 1.54) is 33.0 Å². The zero-order chi connectivity index (χ0) is 15.6. The molecule has 0 heterocycles. The molecular formula is C21H14O2. The molecule has 0 atom stereocenters. The first kappa shape index (κ1) is 12.5. The van der Waals surface area contributed by atoms with Gasteiger partial charge in [-0.25, -0.2) is 0 Å². The Morgan fingerprint density at radius 2 is 1.04 bits per heavy atom. The standard InChI is InChI=1S/C21H14O2/c22-14-3-7-16-12(9-14)1-5-18-19-6-2-13-10-15(23)4-8-17(13)21(19)11-20(16)18/h1-10,22-23H,11H2. The second-order valence-electron chi connectivity index (χ2n) is 6.17. The first-order valence-corrected chi connectivity index (χ1v) is 7.70. The van der Waals surface area contributed by atoms with Crippen LogP contribution in [0, 0.1) is 0 Å². The van der Waals surface area contributed by atoms with E-state index in [-0.39, 0.29) is 0 Å². The van der Waals surface area contributed by atoms with E-state index in [2.05, 4.69) is 24.3 Å². The van der Waals surface area contributed by atoms with Gasteiger partial charge in [0.25, 0.3) is 0 Å². The highest BCUT2D eigenvalue weighted by Gasteiger charge is 2.22. The lowest BCUT2D eigenvalue weighted by Crippen LogP contribution is -1.85. The molecule has 0 saturated heterocycles. The van der Waals surface area contributed by atoms with Gasteiger partial charge in [-0.1, -0.05) is 36.4 Å². The number of fused-ring (bicyclic) bond motifs is 7. The molecule has 0 radical (unpaired) electrons. The molecule has 4 aromatic rings. The number of phenolic OH excluding ortho intramolecular Hbond substituents is 2. The molecule has 0 aliphatic heterocycles. The largest absolute Gasteiger partial charge is 0.508 e. The minimum Gasteiger partial charge on any atom is -0.508 e. The van der Waals surface area contributed by atoms with Crippen LogP contribution in [0.1, 0.15) is 11.1 Å². The smallest absolute Gasteiger partial charge is 0.116 e. The summed E-state index contributed by atoms with van der Waals surface area (Å²) < 4.78 is 0. The highest BCUT2D eigenvalue weighted by molar-refractivity contribution is 6.01. The Balaban J connectivity index is 1.83. The highest BCUT2D eigenvalue weighted by atomic mass is 16.3. The monoisotopic (exact) mass is 298 g/mol. The molecule has 0 amide bonds. The lowest BCUT2D eigenvalue weighted by Gasteiger charge is -2.06.